The summed E-state index contributed by atoms with van der Waals surface area (Å²) in [7, 11) is 0. The van der Waals surface area contributed by atoms with Crippen LogP contribution in [-0.4, -0.2) is 4.98 Å². The molecule has 0 atom stereocenters. The molecule has 0 aliphatic rings. The van der Waals surface area contributed by atoms with E-state index in [2.05, 4.69) is 46.0 Å². The smallest absolute Gasteiger partial charge is 0.0625 e. The molecule has 0 aliphatic carbocycles. The molecule has 1 N–H and O–H groups in total. The lowest BCUT2D eigenvalue weighted by Crippen LogP contribution is -1.85. The Hall–Kier alpha value is -1.27. The minimum atomic E-state index is 0.564. The van der Waals surface area contributed by atoms with Crippen molar-refractivity contribution in [3.63, 3.8) is 0 Å². The third kappa shape index (κ3) is 1.91. The molecule has 3 heteroatoms. The van der Waals surface area contributed by atoms with Gasteiger partial charge in [0.25, 0.3) is 0 Å². The van der Waals surface area contributed by atoms with E-state index in [0.29, 0.717) is 6.42 Å². The van der Waals surface area contributed by atoms with Crippen LogP contribution in [0.3, 0.4) is 0 Å². The maximum atomic E-state index is 8.57. The molecular formula is C12H11BrN2. The Balaban J connectivity index is 2.50. The highest BCUT2D eigenvalue weighted by atomic mass is 79.9. The molecule has 0 unspecified atom stereocenters. The fourth-order valence-corrected chi connectivity index (χ4v) is 2.16. The van der Waals surface area contributed by atoms with Gasteiger partial charge in [0.1, 0.15) is 0 Å². The number of hydrogen-bond donors (Lipinski definition) is 1. The van der Waals surface area contributed by atoms with Crippen molar-refractivity contribution in [1.29, 1.82) is 5.26 Å². The molecule has 2 nitrogen and oxygen atoms in total. The zero-order chi connectivity index (χ0) is 10.8. The summed E-state index contributed by atoms with van der Waals surface area (Å²) in [6.45, 7) is 2.10. The van der Waals surface area contributed by atoms with Crippen molar-refractivity contribution in [2.75, 3.05) is 0 Å². The average molecular weight is 263 g/mol. The molecule has 0 amide bonds. The number of halogens is 1. The van der Waals surface area contributed by atoms with Gasteiger partial charge in [0.15, 0.2) is 0 Å². The molecule has 0 fully saturated rings. The zero-order valence-electron chi connectivity index (χ0n) is 8.47. The normalized spacial score (nSPS) is 10.5. The van der Waals surface area contributed by atoms with E-state index in [1.165, 1.54) is 16.6 Å². The minimum Gasteiger partial charge on any atom is -0.358 e. The van der Waals surface area contributed by atoms with Gasteiger partial charge in [0.05, 0.1) is 6.07 Å². The van der Waals surface area contributed by atoms with Crippen molar-refractivity contribution in [1.82, 2.24) is 4.98 Å². The Labute approximate surface area is 97.0 Å². The highest BCUT2D eigenvalue weighted by Gasteiger charge is 2.06. The molecule has 0 radical (unpaired) electrons. The number of hydrogen-bond acceptors (Lipinski definition) is 1. The number of nitrogens with zero attached hydrogens (tertiary/aromatic N) is 1. The number of aryl methyl sites for hydroxylation is 2. The number of nitrogens with one attached hydrogen (secondary N) is 1. The Kier molecular flexibility index (Phi) is 2.79. The molecule has 0 saturated carbocycles. The predicted molar refractivity (Wildman–Crippen MR) is 64.7 cm³/mol. The second-order valence-electron chi connectivity index (χ2n) is 3.58. The molecule has 15 heavy (non-hydrogen) atoms. The highest BCUT2D eigenvalue weighted by Crippen LogP contribution is 2.25. The second-order valence-corrected chi connectivity index (χ2v) is 4.49. The van der Waals surface area contributed by atoms with Crippen LogP contribution in [0.5, 0.6) is 0 Å². The Morgan fingerprint density at radius 2 is 2.27 bits per heavy atom. The lowest BCUT2D eigenvalue weighted by molar-refractivity contribution is 0.961. The molecule has 1 aromatic heterocycles. The van der Waals surface area contributed by atoms with Gasteiger partial charge in [0, 0.05) is 33.9 Å². The Morgan fingerprint density at radius 1 is 1.47 bits per heavy atom. The molecule has 1 aromatic carbocycles. The monoisotopic (exact) mass is 262 g/mol. The second kappa shape index (κ2) is 4.08. The lowest BCUT2D eigenvalue weighted by atomic mass is 10.1. The summed E-state index contributed by atoms with van der Waals surface area (Å²) >= 11 is 3.45. The average Bonchev–Trinajstić information content (AvgIpc) is 2.52. The van der Waals surface area contributed by atoms with Crippen LogP contribution in [0.2, 0.25) is 0 Å². The number of rotatable bonds is 2. The summed E-state index contributed by atoms with van der Waals surface area (Å²) in [5, 5.41) is 9.81. The van der Waals surface area contributed by atoms with E-state index in [9.17, 15) is 0 Å². The van der Waals surface area contributed by atoms with Gasteiger partial charge in [-0.15, -0.1) is 0 Å². The van der Waals surface area contributed by atoms with Crippen LogP contribution in [0, 0.1) is 18.3 Å². The van der Waals surface area contributed by atoms with Crippen LogP contribution in [-0.2, 0) is 6.42 Å². The fourth-order valence-electron chi connectivity index (χ4n) is 1.80. The van der Waals surface area contributed by atoms with Crippen molar-refractivity contribution in [3.05, 3.63) is 33.9 Å². The van der Waals surface area contributed by atoms with Crippen LogP contribution < -0.4 is 0 Å². The lowest BCUT2D eigenvalue weighted by Gasteiger charge is -1.94. The Bertz CT molecular complexity index is 534. The number of aromatic amines is 1. The molecular weight excluding hydrogens is 252 g/mol. The van der Waals surface area contributed by atoms with Crippen LogP contribution in [0.4, 0.5) is 0 Å². The summed E-state index contributed by atoms with van der Waals surface area (Å²) in [5.74, 6) is 0. The summed E-state index contributed by atoms with van der Waals surface area (Å²) in [5.41, 5.74) is 3.56. The van der Waals surface area contributed by atoms with Crippen LogP contribution in [0.1, 0.15) is 17.7 Å². The predicted octanol–water partition coefficient (Wildman–Crippen LogP) is 3.70. The molecule has 1 heterocycles. The third-order valence-electron chi connectivity index (χ3n) is 2.61. The molecule has 2 aromatic rings. The molecule has 76 valence electrons. The van der Waals surface area contributed by atoms with E-state index >= 15 is 0 Å². The van der Waals surface area contributed by atoms with Gasteiger partial charge in [-0.05, 0) is 24.6 Å². The molecule has 0 aliphatic heterocycles. The summed E-state index contributed by atoms with van der Waals surface area (Å²) < 4.78 is 1.07. The van der Waals surface area contributed by atoms with Crippen LogP contribution >= 0.6 is 15.9 Å². The van der Waals surface area contributed by atoms with Crippen molar-refractivity contribution >= 4 is 26.8 Å². The molecule has 2 rings (SSSR count). The van der Waals surface area contributed by atoms with Crippen molar-refractivity contribution < 1.29 is 0 Å². The van der Waals surface area contributed by atoms with E-state index < -0.39 is 0 Å². The Morgan fingerprint density at radius 3 is 3.00 bits per heavy atom. The standard InChI is InChI=1S/C12H11BrN2/c1-8-10-5-4-9(13)7-12(10)15-11(8)3-2-6-14/h4-5,7,15H,2-3H2,1H3. The van der Waals surface area contributed by atoms with Crippen molar-refractivity contribution in [2.24, 2.45) is 0 Å². The van der Waals surface area contributed by atoms with Crippen LogP contribution in [0.15, 0.2) is 22.7 Å². The fraction of sp³-hybridized carbons (Fsp3) is 0.250. The van der Waals surface area contributed by atoms with E-state index in [0.717, 1.165) is 16.4 Å². The number of nitriles is 1. The number of benzene rings is 1. The first-order valence-electron chi connectivity index (χ1n) is 4.86. The summed E-state index contributed by atoms with van der Waals surface area (Å²) in [6.07, 6.45) is 1.36. The first-order valence-corrected chi connectivity index (χ1v) is 5.65. The zero-order valence-corrected chi connectivity index (χ0v) is 10.1. The van der Waals surface area contributed by atoms with E-state index in [1.807, 2.05) is 6.07 Å². The third-order valence-corrected chi connectivity index (χ3v) is 3.10. The maximum Gasteiger partial charge on any atom is 0.0625 e. The number of H-pyrrole nitrogens is 1. The first-order chi connectivity index (χ1) is 7.22. The van der Waals surface area contributed by atoms with Gasteiger partial charge in [-0.1, -0.05) is 22.0 Å². The summed E-state index contributed by atoms with van der Waals surface area (Å²) in [6, 6.07) is 8.37. The quantitative estimate of drug-likeness (QED) is 0.881. The van der Waals surface area contributed by atoms with Crippen molar-refractivity contribution in [2.45, 2.75) is 19.8 Å². The van der Waals surface area contributed by atoms with Gasteiger partial charge >= 0.3 is 0 Å². The minimum absolute atomic E-state index is 0.564. The van der Waals surface area contributed by atoms with Gasteiger partial charge in [-0.3, -0.25) is 0 Å². The molecule has 0 spiro atoms. The maximum absolute atomic E-state index is 8.57. The van der Waals surface area contributed by atoms with Gasteiger partial charge in [-0.2, -0.15) is 5.26 Å². The number of fused-ring (bicyclic) bond motifs is 1. The van der Waals surface area contributed by atoms with Gasteiger partial charge in [0.2, 0.25) is 0 Å². The van der Waals surface area contributed by atoms with Gasteiger partial charge < -0.3 is 4.98 Å². The van der Waals surface area contributed by atoms with Crippen LogP contribution in [0.25, 0.3) is 10.9 Å². The van der Waals surface area contributed by atoms with Gasteiger partial charge in [-0.25, -0.2) is 0 Å². The number of aromatic nitrogens is 1. The van der Waals surface area contributed by atoms with Crippen molar-refractivity contribution in [3.8, 4) is 6.07 Å². The largest absolute Gasteiger partial charge is 0.358 e. The summed E-state index contributed by atoms with van der Waals surface area (Å²) in [4.78, 5) is 3.36. The molecule has 0 saturated heterocycles. The first kappa shape index (κ1) is 10.3. The van der Waals surface area contributed by atoms with E-state index in [-0.39, 0.29) is 0 Å². The molecule has 0 bridgehead atoms. The highest BCUT2D eigenvalue weighted by molar-refractivity contribution is 9.10. The topological polar surface area (TPSA) is 39.6 Å². The van der Waals surface area contributed by atoms with E-state index in [4.69, 9.17) is 5.26 Å². The SMILES string of the molecule is Cc1c(CCC#N)[nH]c2cc(Br)ccc12. The van der Waals surface area contributed by atoms with E-state index in [1.54, 1.807) is 0 Å².